The molecule has 1 atom stereocenters. The molecule has 0 fully saturated rings. The fraction of sp³-hybridized carbons (Fsp3) is 0.136. The van der Waals surface area contributed by atoms with Crippen molar-refractivity contribution in [2.24, 2.45) is 0 Å². The van der Waals surface area contributed by atoms with E-state index in [9.17, 15) is 23.5 Å². The van der Waals surface area contributed by atoms with Gasteiger partial charge in [-0.15, -0.1) is 0 Å². The van der Waals surface area contributed by atoms with E-state index >= 15 is 0 Å². The fourth-order valence-electron chi connectivity index (χ4n) is 3.02. The first-order valence-electron chi connectivity index (χ1n) is 9.08. The van der Waals surface area contributed by atoms with E-state index in [0.29, 0.717) is 0 Å². The Hall–Kier alpha value is -3.52. The van der Waals surface area contributed by atoms with Crippen LogP contribution >= 0.6 is 11.6 Å². The summed E-state index contributed by atoms with van der Waals surface area (Å²) < 4.78 is 33.9. The molecule has 6 nitrogen and oxygen atoms in total. The number of methoxy groups -OCH3 is 1. The lowest BCUT2D eigenvalue weighted by molar-refractivity contribution is -0.137. The van der Waals surface area contributed by atoms with Crippen molar-refractivity contribution >= 4 is 23.5 Å². The summed E-state index contributed by atoms with van der Waals surface area (Å²) in [6.07, 6.45) is -0.543. The highest BCUT2D eigenvalue weighted by molar-refractivity contribution is 6.31. The van der Waals surface area contributed by atoms with Gasteiger partial charge in [0.05, 0.1) is 24.6 Å². The Labute approximate surface area is 181 Å². The van der Waals surface area contributed by atoms with Crippen molar-refractivity contribution < 1.29 is 28.2 Å². The summed E-state index contributed by atoms with van der Waals surface area (Å²) in [6, 6.07) is 11.5. The summed E-state index contributed by atoms with van der Waals surface area (Å²) in [4.78, 5) is 28.2. The first kappa shape index (κ1) is 22.2. The second-order valence-corrected chi connectivity index (χ2v) is 6.90. The van der Waals surface area contributed by atoms with Crippen molar-refractivity contribution in [1.82, 2.24) is 10.3 Å². The summed E-state index contributed by atoms with van der Waals surface area (Å²) in [7, 11) is 1.36. The highest BCUT2D eigenvalue weighted by atomic mass is 35.5. The zero-order chi connectivity index (χ0) is 22.5. The summed E-state index contributed by atoms with van der Waals surface area (Å²) in [5.74, 6) is -3.17. The standard InChI is InChI=1S/C22H17ClF2N2O4/c1-31-18-10-9-16(26-21(18)13-6-4-7-14(23)20(13)25)22(30)27-17(11-19(28)29)12-5-2-3-8-15(12)24/h2-10,17H,11H2,1H3,(H,27,30)(H,28,29)/t17-/m0/s1. The number of benzene rings is 2. The third-order valence-electron chi connectivity index (χ3n) is 4.48. The number of amides is 1. The molecule has 3 rings (SSSR count). The van der Waals surface area contributed by atoms with Gasteiger partial charge in [-0.25, -0.2) is 13.8 Å². The lowest BCUT2D eigenvalue weighted by Crippen LogP contribution is -2.31. The van der Waals surface area contributed by atoms with Gasteiger partial charge < -0.3 is 15.2 Å². The van der Waals surface area contributed by atoms with E-state index in [-0.39, 0.29) is 33.3 Å². The fourth-order valence-corrected chi connectivity index (χ4v) is 3.19. The zero-order valence-corrected chi connectivity index (χ0v) is 17.0. The van der Waals surface area contributed by atoms with E-state index in [1.54, 1.807) is 0 Å². The summed E-state index contributed by atoms with van der Waals surface area (Å²) in [5.41, 5.74) is -0.0548. The number of carbonyl (C=O) groups excluding carboxylic acids is 1. The van der Waals surface area contributed by atoms with Crippen molar-refractivity contribution in [3.05, 3.63) is 82.5 Å². The van der Waals surface area contributed by atoms with Gasteiger partial charge in [0.2, 0.25) is 0 Å². The van der Waals surface area contributed by atoms with Gasteiger partial charge in [-0.2, -0.15) is 0 Å². The van der Waals surface area contributed by atoms with Gasteiger partial charge in [-0.1, -0.05) is 35.9 Å². The Balaban J connectivity index is 1.98. The number of carboxylic acid groups (broad SMARTS) is 1. The number of hydrogen-bond donors (Lipinski definition) is 2. The predicted molar refractivity (Wildman–Crippen MR) is 110 cm³/mol. The lowest BCUT2D eigenvalue weighted by atomic mass is 10.0. The minimum absolute atomic E-state index is 0.0212. The number of pyridine rings is 1. The monoisotopic (exact) mass is 446 g/mol. The molecule has 0 unspecified atom stereocenters. The van der Waals surface area contributed by atoms with Crippen LogP contribution in [0.5, 0.6) is 5.75 Å². The van der Waals surface area contributed by atoms with E-state index < -0.39 is 36.0 Å². The van der Waals surface area contributed by atoms with Crippen molar-refractivity contribution in [2.75, 3.05) is 7.11 Å². The van der Waals surface area contributed by atoms with Crippen molar-refractivity contribution in [2.45, 2.75) is 12.5 Å². The molecule has 0 bridgehead atoms. The molecule has 31 heavy (non-hydrogen) atoms. The molecule has 0 saturated heterocycles. The Bertz CT molecular complexity index is 1140. The highest BCUT2D eigenvalue weighted by Crippen LogP contribution is 2.33. The van der Waals surface area contributed by atoms with Crippen LogP contribution < -0.4 is 10.1 Å². The van der Waals surface area contributed by atoms with Gasteiger partial charge in [-0.05, 0) is 30.3 Å². The number of carboxylic acids is 1. The number of nitrogens with zero attached hydrogens (tertiary/aromatic N) is 1. The quantitative estimate of drug-likeness (QED) is 0.552. The Morgan fingerprint density at radius 1 is 1.13 bits per heavy atom. The van der Waals surface area contributed by atoms with E-state index in [0.717, 1.165) is 0 Å². The van der Waals surface area contributed by atoms with Crippen LogP contribution in [0.2, 0.25) is 5.02 Å². The van der Waals surface area contributed by atoms with Crippen molar-refractivity contribution in [1.29, 1.82) is 0 Å². The minimum atomic E-state index is -1.22. The molecule has 0 radical (unpaired) electrons. The van der Waals surface area contributed by atoms with Crippen LogP contribution in [-0.2, 0) is 4.79 Å². The molecule has 0 spiro atoms. The van der Waals surface area contributed by atoms with Crippen LogP contribution in [0, 0.1) is 11.6 Å². The molecule has 9 heteroatoms. The largest absolute Gasteiger partial charge is 0.494 e. The molecule has 3 aromatic rings. The van der Waals surface area contributed by atoms with Crippen LogP contribution in [0.1, 0.15) is 28.5 Å². The average Bonchev–Trinajstić information content (AvgIpc) is 2.74. The van der Waals surface area contributed by atoms with E-state index in [4.69, 9.17) is 16.3 Å². The van der Waals surface area contributed by atoms with Gasteiger partial charge in [0.1, 0.15) is 23.0 Å². The lowest BCUT2D eigenvalue weighted by Gasteiger charge is -2.18. The normalized spacial score (nSPS) is 11.6. The number of carbonyl (C=O) groups is 2. The molecule has 1 heterocycles. The molecule has 0 aliphatic rings. The number of aromatic nitrogens is 1. The minimum Gasteiger partial charge on any atom is -0.494 e. The number of rotatable bonds is 7. The Morgan fingerprint density at radius 3 is 2.55 bits per heavy atom. The van der Waals surface area contributed by atoms with Crippen molar-refractivity contribution in [3.63, 3.8) is 0 Å². The number of ether oxygens (including phenoxy) is 1. The van der Waals surface area contributed by atoms with Crippen LogP contribution in [0.25, 0.3) is 11.3 Å². The third-order valence-corrected chi connectivity index (χ3v) is 4.77. The molecule has 2 aromatic carbocycles. The molecule has 1 amide bonds. The highest BCUT2D eigenvalue weighted by Gasteiger charge is 2.23. The van der Waals surface area contributed by atoms with Gasteiger partial charge in [0, 0.05) is 11.1 Å². The van der Waals surface area contributed by atoms with E-state index in [1.165, 1.54) is 61.7 Å². The molecule has 0 aliphatic carbocycles. The smallest absolute Gasteiger partial charge is 0.305 e. The number of halogens is 3. The maximum atomic E-state index is 14.5. The van der Waals surface area contributed by atoms with E-state index in [2.05, 4.69) is 10.3 Å². The molecule has 1 aromatic heterocycles. The maximum Gasteiger partial charge on any atom is 0.305 e. The first-order valence-corrected chi connectivity index (χ1v) is 9.46. The number of aliphatic carboxylic acids is 1. The maximum absolute atomic E-state index is 14.5. The first-order chi connectivity index (χ1) is 14.8. The molecule has 2 N–H and O–H groups in total. The van der Waals surface area contributed by atoms with Gasteiger partial charge in [-0.3, -0.25) is 9.59 Å². The molecule has 160 valence electrons. The van der Waals surface area contributed by atoms with Gasteiger partial charge in [0.15, 0.2) is 5.82 Å². The Morgan fingerprint density at radius 2 is 1.87 bits per heavy atom. The van der Waals surface area contributed by atoms with Crippen molar-refractivity contribution in [3.8, 4) is 17.0 Å². The molecule has 0 aliphatic heterocycles. The van der Waals surface area contributed by atoms with Crippen LogP contribution in [0.4, 0.5) is 8.78 Å². The zero-order valence-electron chi connectivity index (χ0n) is 16.2. The molecular weight excluding hydrogens is 430 g/mol. The van der Waals surface area contributed by atoms with Crippen LogP contribution in [-0.4, -0.2) is 29.1 Å². The van der Waals surface area contributed by atoms with Gasteiger partial charge >= 0.3 is 5.97 Å². The van der Waals surface area contributed by atoms with Gasteiger partial charge in [0.25, 0.3) is 5.91 Å². The Kier molecular flexibility index (Phi) is 6.81. The number of nitrogens with one attached hydrogen (secondary N) is 1. The molecular formula is C22H17ClF2N2O4. The predicted octanol–water partition coefficient (Wildman–Crippen LogP) is 4.63. The van der Waals surface area contributed by atoms with E-state index in [1.807, 2.05) is 0 Å². The summed E-state index contributed by atoms with van der Waals surface area (Å²) in [5, 5.41) is 11.5. The SMILES string of the molecule is COc1ccc(C(=O)N[C@@H](CC(=O)O)c2ccccc2F)nc1-c1cccc(Cl)c1F. The summed E-state index contributed by atoms with van der Waals surface area (Å²) in [6.45, 7) is 0. The molecule has 0 saturated carbocycles. The second kappa shape index (κ2) is 9.53. The van der Waals surface area contributed by atoms with Crippen LogP contribution in [0.15, 0.2) is 54.6 Å². The summed E-state index contributed by atoms with van der Waals surface area (Å²) >= 11 is 5.85. The third kappa shape index (κ3) is 4.97. The average molecular weight is 447 g/mol. The second-order valence-electron chi connectivity index (χ2n) is 6.49. The number of hydrogen-bond acceptors (Lipinski definition) is 4. The topological polar surface area (TPSA) is 88.5 Å². The van der Waals surface area contributed by atoms with Crippen LogP contribution in [0.3, 0.4) is 0 Å².